The van der Waals surface area contributed by atoms with Crippen LogP contribution in [0.4, 0.5) is 0 Å². The lowest BCUT2D eigenvalue weighted by atomic mass is 10.1. The first-order valence-corrected chi connectivity index (χ1v) is 14.5. The van der Waals surface area contributed by atoms with Crippen LogP contribution in [-0.4, -0.2) is 23.8 Å². The first kappa shape index (κ1) is 22.4. The molecular weight excluding hydrogens is 367 g/mol. The van der Waals surface area contributed by atoms with Crippen LogP contribution in [0.25, 0.3) is 11.1 Å². The Kier molecular flexibility index (Phi) is 8.68. The van der Waals surface area contributed by atoms with Crippen molar-refractivity contribution in [1.29, 1.82) is 0 Å². The number of fused-ring (bicyclic) bond motifs is 3. The van der Waals surface area contributed by atoms with E-state index in [1.807, 2.05) is 0 Å². The van der Waals surface area contributed by atoms with Crippen molar-refractivity contribution < 1.29 is 0 Å². The molecule has 0 fully saturated rings. The van der Waals surface area contributed by atoms with Crippen LogP contribution in [0.5, 0.6) is 0 Å². The Balaban J connectivity index is 2.19. The molecule has 0 spiro atoms. The van der Waals surface area contributed by atoms with E-state index < -0.39 is 6.89 Å². The van der Waals surface area contributed by atoms with Gasteiger partial charge in [0.1, 0.15) is 0 Å². The molecule has 3 rings (SSSR count). The Morgan fingerprint density at radius 3 is 1.17 bits per heavy atom. The molecule has 2 aromatic rings. The predicted octanol–water partition coefficient (Wildman–Crippen LogP) is 8.82. The van der Waals surface area contributed by atoms with Gasteiger partial charge < -0.3 is 0 Å². The lowest BCUT2D eigenvalue weighted by molar-refractivity contribution is 0.747. The van der Waals surface area contributed by atoms with Gasteiger partial charge in [-0.15, -0.1) is 0 Å². The predicted molar refractivity (Wildman–Crippen MR) is 135 cm³/mol. The van der Waals surface area contributed by atoms with Crippen molar-refractivity contribution in [2.45, 2.75) is 78.6 Å². The minimum Gasteiger partial charge on any atom is -0.0961 e. The summed E-state index contributed by atoms with van der Waals surface area (Å²) in [5.74, 6) is 0. The molecule has 1 aliphatic rings. The average Bonchev–Trinajstić information content (AvgIpc) is 3.09. The largest absolute Gasteiger partial charge is 0.0961 e. The van der Waals surface area contributed by atoms with E-state index in [1.54, 1.807) is 16.4 Å². The zero-order valence-electron chi connectivity index (χ0n) is 19.1. The van der Waals surface area contributed by atoms with Crippen LogP contribution in [-0.2, 0) is 0 Å². The van der Waals surface area contributed by atoms with Crippen LogP contribution in [0.1, 0.15) is 89.7 Å². The molecule has 0 aromatic heterocycles. The van der Waals surface area contributed by atoms with Gasteiger partial charge >= 0.3 is 0 Å². The third kappa shape index (κ3) is 5.08. The third-order valence-electron chi connectivity index (χ3n) is 6.70. The highest BCUT2D eigenvalue weighted by Gasteiger charge is 2.31. The quantitative estimate of drug-likeness (QED) is 0.207. The molecule has 0 unspecified atom stereocenters. The molecule has 0 aliphatic heterocycles. The molecular formula is C28H41P. The molecule has 0 nitrogen and oxygen atoms in total. The van der Waals surface area contributed by atoms with Gasteiger partial charge in [0.15, 0.2) is 0 Å². The van der Waals surface area contributed by atoms with E-state index in [4.69, 9.17) is 0 Å². The van der Waals surface area contributed by atoms with Gasteiger partial charge in [0.2, 0.25) is 0 Å². The lowest BCUT2D eigenvalue weighted by Crippen LogP contribution is -2.13. The summed E-state index contributed by atoms with van der Waals surface area (Å²) in [7, 11) is 0. The molecule has 0 saturated heterocycles. The fraction of sp³-hybridized carbons (Fsp3) is 0.536. The molecule has 1 aliphatic carbocycles. The van der Waals surface area contributed by atoms with E-state index >= 15 is 0 Å². The summed E-state index contributed by atoms with van der Waals surface area (Å²) in [5.41, 5.74) is 6.13. The lowest BCUT2D eigenvalue weighted by Gasteiger charge is -2.31. The topological polar surface area (TPSA) is 0 Å². The van der Waals surface area contributed by atoms with Gasteiger partial charge in [-0.3, -0.25) is 0 Å². The normalized spacial score (nSPS) is 12.9. The van der Waals surface area contributed by atoms with E-state index in [-0.39, 0.29) is 0 Å². The summed E-state index contributed by atoms with van der Waals surface area (Å²) in [6.07, 6.45) is 16.8. The fourth-order valence-electron chi connectivity index (χ4n) is 5.17. The molecule has 29 heavy (non-hydrogen) atoms. The molecule has 0 saturated carbocycles. The molecule has 0 radical (unpaired) electrons. The maximum atomic E-state index is 2.43. The van der Waals surface area contributed by atoms with Crippen LogP contribution in [0, 0.1) is 0 Å². The summed E-state index contributed by atoms with van der Waals surface area (Å²) in [4.78, 5) is 0. The Morgan fingerprint density at radius 2 is 0.828 bits per heavy atom. The van der Waals surface area contributed by atoms with Crippen molar-refractivity contribution in [1.82, 2.24) is 0 Å². The van der Waals surface area contributed by atoms with E-state index in [0.29, 0.717) is 0 Å². The second-order valence-electron chi connectivity index (χ2n) is 8.88. The van der Waals surface area contributed by atoms with Crippen molar-refractivity contribution in [2.75, 3.05) is 18.5 Å². The summed E-state index contributed by atoms with van der Waals surface area (Å²) in [5, 5.41) is 1.80. The first-order valence-electron chi connectivity index (χ1n) is 12.2. The Labute approximate surface area is 180 Å². The fourth-order valence-corrected chi connectivity index (χ4v) is 10.4. The van der Waals surface area contributed by atoms with E-state index in [9.17, 15) is 0 Å². The van der Waals surface area contributed by atoms with Gasteiger partial charge in [-0.25, -0.2) is 0 Å². The minimum atomic E-state index is -1.18. The number of benzene rings is 2. The van der Waals surface area contributed by atoms with Crippen LogP contribution in [0.2, 0.25) is 0 Å². The SMILES string of the molecule is CCCCCP(CCCCC)(CCCCC)=C1c2ccccc2-c2ccccc21. The summed E-state index contributed by atoms with van der Waals surface area (Å²) in [6, 6.07) is 18.6. The molecule has 0 amide bonds. The Morgan fingerprint density at radius 1 is 0.483 bits per heavy atom. The maximum Gasteiger partial charge on any atom is -0.00979 e. The minimum absolute atomic E-state index is 1.18. The second kappa shape index (κ2) is 11.2. The highest BCUT2D eigenvalue weighted by molar-refractivity contribution is 7.77. The molecule has 158 valence electrons. The number of rotatable bonds is 12. The van der Waals surface area contributed by atoms with E-state index in [0.717, 1.165) is 0 Å². The van der Waals surface area contributed by atoms with Gasteiger partial charge in [-0.2, -0.15) is 0 Å². The van der Waals surface area contributed by atoms with E-state index in [2.05, 4.69) is 69.3 Å². The van der Waals surface area contributed by atoms with Gasteiger partial charge in [0, 0.05) is 0 Å². The van der Waals surface area contributed by atoms with Crippen molar-refractivity contribution in [2.24, 2.45) is 0 Å². The Hall–Kier alpha value is -1.26. The maximum absolute atomic E-state index is 2.43. The van der Waals surface area contributed by atoms with Crippen LogP contribution in [0.3, 0.4) is 0 Å². The first-order chi connectivity index (χ1) is 14.3. The highest BCUT2D eigenvalue weighted by Crippen LogP contribution is 2.57. The molecule has 0 bridgehead atoms. The molecule has 0 N–H and O–H groups in total. The molecule has 0 heterocycles. The van der Waals surface area contributed by atoms with Crippen molar-refractivity contribution >= 4 is 12.2 Å². The average molecular weight is 409 g/mol. The zero-order valence-corrected chi connectivity index (χ0v) is 19.9. The van der Waals surface area contributed by atoms with Crippen molar-refractivity contribution in [3.8, 4) is 11.1 Å². The van der Waals surface area contributed by atoms with Gasteiger partial charge in [-0.05, 0) is 65.3 Å². The summed E-state index contributed by atoms with van der Waals surface area (Å²) in [6.45, 7) is 5.87. The molecule has 2 aromatic carbocycles. The summed E-state index contributed by atoms with van der Waals surface area (Å²) >= 11 is 0. The zero-order chi connectivity index (χ0) is 20.5. The third-order valence-corrected chi connectivity index (χ3v) is 11.6. The van der Waals surface area contributed by atoms with Gasteiger partial charge in [0.05, 0.1) is 0 Å². The van der Waals surface area contributed by atoms with Crippen LogP contribution in [0.15, 0.2) is 48.5 Å². The van der Waals surface area contributed by atoms with E-state index in [1.165, 1.54) is 87.4 Å². The van der Waals surface area contributed by atoms with Crippen LogP contribution < -0.4 is 0 Å². The standard InChI is InChI=1S/C28H41P/c1-4-7-14-21-29(22-15-8-5-2,23-16-9-6-3)28-26-19-12-10-17-24(26)25-18-11-13-20-27(25)28/h10-13,17-20H,4-9,14-16,21-23H2,1-3H3. The van der Waals surface area contributed by atoms with Crippen molar-refractivity contribution in [3.63, 3.8) is 0 Å². The van der Waals surface area contributed by atoms with Gasteiger partial charge in [-0.1, -0.05) is 115 Å². The second-order valence-corrected chi connectivity index (χ2v) is 13.0. The highest BCUT2D eigenvalue weighted by atomic mass is 31.2. The molecule has 1 heteroatoms. The van der Waals surface area contributed by atoms with Crippen molar-refractivity contribution in [3.05, 3.63) is 59.7 Å². The number of hydrogen-bond acceptors (Lipinski definition) is 0. The number of hydrogen-bond donors (Lipinski definition) is 0. The van der Waals surface area contributed by atoms with Crippen LogP contribution >= 0.6 is 6.89 Å². The smallest absolute Gasteiger partial charge is 0.00979 e. The number of unbranched alkanes of at least 4 members (excludes halogenated alkanes) is 6. The Bertz CT molecular complexity index is 749. The summed E-state index contributed by atoms with van der Waals surface area (Å²) < 4.78 is 0. The monoisotopic (exact) mass is 408 g/mol. The van der Waals surface area contributed by atoms with Gasteiger partial charge in [0.25, 0.3) is 0 Å². The molecule has 0 atom stereocenters.